The summed E-state index contributed by atoms with van der Waals surface area (Å²) < 4.78 is 18.6. The van der Waals surface area contributed by atoms with Gasteiger partial charge < -0.3 is 9.66 Å². The highest BCUT2D eigenvalue weighted by molar-refractivity contribution is 8.01. The van der Waals surface area contributed by atoms with Gasteiger partial charge in [-0.1, -0.05) is 66.7 Å². The fourth-order valence-corrected chi connectivity index (χ4v) is 7.83. The lowest BCUT2D eigenvalue weighted by Crippen LogP contribution is -2.60. The van der Waals surface area contributed by atoms with Gasteiger partial charge in [0.05, 0.1) is 0 Å². The molecule has 0 aromatic heterocycles. The first kappa shape index (κ1) is 16.9. The monoisotopic (exact) mass is 375 g/mol. The highest BCUT2D eigenvalue weighted by atomic mass is 32.3. The Labute approximate surface area is 160 Å². The van der Waals surface area contributed by atoms with Gasteiger partial charge >= 0.3 is 0 Å². The molecule has 0 saturated heterocycles. The smallest absolute Gasteiger partial charge is 0.153 e. The van der Waals surface area contributed by atoms with Crippen molar-refractivity contribution in [2.45, 2.75) is 34.5 Å². The summed E-state index contributed by atoms with van der Waals surface area (Å²) in [5.41, 5.74) is 2.71. The maximum atomic E-state index is 14.6. The maximum Gasteiger partial charge on any atom is 0.153 e. The first-order chi connectivity index (χ1) is 13.2. The Morgan fingerprint density at radius 2 is 1.56 bits per heavy atom. The van der Waals surface area contributed by atoms with Crippen molar-refractivity contribution >= 4 is 15.8 Å². The van der Waals surface area contributed by atoms with E-state index in [1.807, 2.05) is 78.9 Å². The first-order valence-corrected chi connectivity index (χ1v) is 10.8. The highest BCUT2D eigenvalue weighted by Crippen LogP contribution is 2.65. The van der Waals surface area contributed by atoms with Gasteiger partial charge in [0.15, 0.2) is 4.75 Å². The topological polar surface area (TPSA) is 55.7 Å². The lowest BCUT2D eigenvalue weighted by molar-refractivity contribution is 0.0607. The van der Waals surface area contributed by atoms with Crippen LogP contribution < -0.4 is 0 Å². The average Bonchev–Trinajstić information content (AvgIpc) is 2.69. The van der Waals surface area contributed by atoms with Crippen LogP contribution in [0.15, 0.2) is 94.2 Å². The third-order valence-electron chi connectivity index (χ3n) is 6.11. The van der Waals surface area contributed by atoms with Crippen molar-refractivity contribution in [3.05, 3.63) is 96.1 Å². The number of fused-ring (bicyclic) bond motifs is 3. The molecule has 0 amide bonds. The molecular weight excluding hydrogens is 354 g/mol. The van der Waals surface area contributed by atoms with E-state index in [-0.39, 0.29) is 5.92 Å². The summed E-state index contributed by atoms with van der Waals surface area (Å²) in [6, 6.07) is 27.0. The summed E-state index contributed by atoms with van der Waals surface area (Å²) >= 11 is 0. The predicted octanol–water partition coefficient (Wildman–Crippen LogP) is 5.21. The van der Waals surface area contributed by atoms with Crippen LogP contribution in [0.25, 0.3) is 0 Å². The van der Waals surface area contributed by atoms with Crippen LogP contribution in [0.3, 0.4) is 0 Å². The van der Waals surface area contributed by atoms with Crippen molar-refractivity contribution in [1.82, 2.24) is 0 Å². The summed E-state index contributed by atoms with van der Waals surface area (Å²) in [7, 11) is -2.86. The molecule has 1 fully saturated rings. The summed E-state index contributed by atoms with van der Waals surface area (Å²) in [6.07, 6.45) is 0.779. The van der Waals surface area contributed by atoms with Gasteiger partial charge in [0.25, 0.3) is 0 Å². The van der Waals surface area contributed by atoms with Crippen LogP contribution in [-0.4, -0.2) is 14.4 Å². The summed E-state index contributed by atoms with van der Waals surface area (Å²) in [5.74, 6) is 0.0362. The van der Waals surface area contributed by atoms with Crippen LogP contribution in [0.5, 0.6) is 0 Å². The van der Waals surface area contributed by atoms with E-state index in [4.69, 9.17) is 4.36 Å². The first-order valence-electron chi connectivity index (χ1n) is 9.30. The molecule has 3 aromatic rings. The fraction of sp³-hybridized carbons (Fsp3) is 0.217. The third-order valence-corrected chi connectivity index (χ3v) is 9.22. The zero-order valence-electron chi connectivity index (χ0n) is 14.9. The largest absolute Gasteiger partial charge is 0.626 e. The summed E-state index contributed by atoms with van der Waals surface area (Å²) in [5, 5.41) is 11.5. The number of rotatable bonds is 3. The van der Waals surface area contributed by atoms with Gasteiger partial charge in [-0.25, -0.2) is 0 Å². The van der Waals surface area contributed by atoms with E-state index in [9.17, 15) is 9.66 Å². The Morgan fingerprint density at radius 3 is 2.22 bits per heavy atom. The molecule has 0 radical (unpaired) electrons. The highest BCUT2D eigenvalue weighted by Gasteiger charge is 2.66. The van der Waals surface area contributed by atoms with Gasteiger partial charge in [0, 0.05) is 12.3 Å². The average molecular weight is 375 g/mol. The van der Waals surface area contributed by atoms with Gasteiger partial charge in [-0.2, -0.15) is 0 Å². The lowest BCUT2D eigenvalue weighted by atomic mass is 9.65. The van der Waals surface area contributed by atoms with Crippen molar-refractivity contribution in [3.8, 4) is 0 Å². The number of aliphatic hydroxyl groups excluding tert-OH is 1. The molecule has 2 aliphatic rings. The molecular formula is C23H21NO2S. The van der Waals surface area contributed by atoms with Gasteiger partial charge in [0.2, 0.25) is 0 Å². The molecule has 1 heterocycles. The van der Waals surface area contributed by atoms with Gasteiger partial charge in [-0.3, -0.25) is 0 Å². The van der Waals surface area contributed by atoms with Crippen LogP contribution in [-0.2, 0) is 10.1 Å². The molecule has 1 saturated carbocycles. The molecule has 136 valence electrons. The van der Waals surface area contributed by atoms with Crippen molar-refractivity contribution < 1.29 is 9.66 Å². The van der Waals surface area contributed by atoms with Crippen molar-refractivity contribution in [2.75, 3.05) is 0 Å². The van der Waals surface area contributed by atoms with Crippen LogP contribution in [0, 0.1) is 0 Å². The number of nitrogens with zero attached hydrogens (tertiary/aromatic N) is 1. The number of hydrogen-bond donors (Lipinski definition) is 1. The predicted molar refractivity (Wildman–Crippen MR) is 107 cm³/mol. The van der Waals surface area contributed by atoms with Crippen LogP contribution in [0.4, 0.5) is 5.69 Å². The Morgan fingerprint density at radius 1 is 0.926 bits per heavy atom. The Bertz CT molecular complexity index is 1030. The van der Waals surface area contributed by atoms with Gasteiger partial charge in [-0.05, 0) is 45.9 Å². The molecule has 27 heavy (non-hydrogen) atoms. The minimum absolute atomic E-state index is 0.0362. The second-order valence-corrected chi connectivity index (χ2v) is 9.81. The minimum atomic E-state index is -2.86. The second kappa shape index (κ2) is 6.13. The molecule has 3 nitrogen and oxygen atoms in total. The standard InChI is InChI=1S/C23H21NO2S/c25-22(17-9-3-1-4-10-17)23-16-15-20(23)19-13-7-8-14-21(19)24-27(23,26)18-11-5-2-6-12-18/h1-14,20,22,25H,15-16H2/t20-,22+,23-,27?/m0/s1. The summed E-state index contributed by atoms with van der Waals surface area (Å²) in [6.45, 7) is 0. The maximum absolute atomic E-state index is 14.6. The molecule has 1 aliphatic carbocycles. The quantitative estimate of drug-likeness (QED) is 0.639. The number of hydrogen-bond acceptors (Lipinski definition) is 3. The molecule has 0 spiro atoms. The Hall–Kier alpha value is -2.27. The van der Waals surface area contributed by atoms with E-state index in [0.717, 1.165) is 23.2 Å². The normalized spacial score (nSPS) is 29.6. The minimum Gasteiger partial charge on any atom is -0.626 e. The summed E-state index contributed by atoms with van der Waals surface area (Å²) in [4.78, 5) is 0.708. The lowest BCUT2D eigenvalue weighted by Gasteiger charge is -2.57. The van der Waals surface area contributed by atoms with E-state index in [1.54, 1.807) is 0 Å². The second-order valence-electron chi connectivity index (χ2n) is 7.35. The van der Waals surface area contributed by atoms with Crippen molar-refractivity contribution in [3.63, 3.8) is 0 Å². The van der Waals surface area contributed by atoms with Crippen LogP contribution in [0.2, 0.25) is 0 Å². The Balaban J connectivity index is 1.79. The van der Waals surface area contributed by atoms with E-state index in [1.165, 1.54) is 0 Å². The van der Waals surface area contributed by atoms with Gasteiger partial charge in [-0.15, -0.1) is 4.36 Å². The van der Waals surface area contributed by atoms with Crippen molar-refractivity contribution in [2.24, 2.45) is 4.36 Å². The molecule has 4 heteroatoms. The molecule has 0 bridgehead atoms. The molecule has 1 N–H and O–H groups in total. The van der Waals surface area contributed by atoms with E-state index in [2.05, 4.69) is 6.07 Å². The zero-order chi connectivity index (χ0) is 18.5. The number of benzene rings is 3. The molecule has 3 aromatic carbocycles. The van der Waals surface area contributed by atoms with E-state index < -0.39 is 21.0 Å². The SMILES string of the molecule is [O-][S+]1(c2ccccc2)=Nc2ccccc2[C@@H]2CC[C@@]21[C@H](O)c1ccccc1. The molecule has 5 rings (SSSR count). The van der Waals surface area contributed by atoms with Crippen LogP contribution in [0.1, 0.15) is 36.0 Å². The fourth-order valence-electron chi connectivity index (χ4n) is 4.69. The Kier molecular flexibility index (Phi) is 3.83. The molecule has 4 atom stereocenters. The molecule has 1 aliphatic heterocycles. The van der Waals surface area contributed by atoms with Crippen LogP contribution >= 0.6 is 0 Å². The molecule has 1 unspecified atom stereocenters. The third kappa shape index (κ3) is 2.24. The number of aliphatic hydroxyl groups is 1. The van der Waals surface area contributed by atoms with E-state index >= 15 is 0 Å². The van der Waals surface area contributed by atoms with Crippen molar-refractivity contribution in [1.29, 1.82) is 0 Å². The zero-order valence-corrected chi connectivity index (χ0v) is 15.7. The van der Waals surface area contributed by atoms with E-state index in [0.29, 0.717) is 11.3 Å². The van der Waals surface area contributed by atoms with Gasteiger partial charge in [0.1, 0.15) is 16.7 Å².